The second-order valence-electron chi connectivity index (χ2n) is 15.3. The lowest BCUT2D eigenvalue weighted by molar-refractivity contribution is 0.0592. The van der Waals surface area contributed by atoms with Gasteiger partial charge in [0.25, 0.3) is 0 Å². The van der Waals surface area contributed by atoms with E-state index in [1.165, 1.54) is 82.1 Å². The van der Waals surface area contributed by atoms with Crippen LogP contribution in [-0.2, 0) is 22.6 Å². The van der Waals surface area contributed by atoms with Crippen molar-refractivity contribution in [3.63, 3.8) is 0 Å². The number of allylic oxidation sites excluding steroid dienone is 2. The highest BCUT2D eigenvalue weighted by Crippen LogP contribution is 2.46. The monoisotopic (exact) mass is 774 g/mol. The Morgan fingerprint density at radius 1 is 0.707 bits per heavy atom. The van der Waals surface area contributed by atoms with E-state index in [1.54, 1.807) is 30.9 Å². The minimum Gasteiger partial charge on any atom is -0.465 e. The summed E-state index contributed by atoms with van der Waals surface area (Å²) >= 11 is 0. The number of esters is 2. The van der Waals surface area contributed by atoms with Gasteiger partial charge in [0.1, 0.15) is 11.4 Å². The number of carbonyl (C=O) groups is 2. The fraction of sp³-hybridized carbons (Fsp3) is 0.333. The summed E-state index contributed by atoms with van der Waals surface area (Å²) in [7, 11) is 2.83. The van der Waals surface area contributed by atoms with Crippen LogP contribution in [0.1, 0.15) is 119 Å². The zero-order valence-corrected chi connectivity index (χ0v) is 33.5. The van der Waals surface area contributed by atoms with Crippen molar-refractivity contribution in [2.75, 3.05) is 14.2 Å². The number of aromatic nitrogens is 6. The zero-order valence-electron chi connectivity index (χ0n) is 33.5. The maximum Gasteiger partial charge on any atom is 0.337 e. The summed E-state index contributed by atoms with van der Waals surface area (Å²) in [4.78, 5) is 42.8. The van der Waals surface area contributed by atoms with Gasteiger partial charge in [-0.15, -0.1) is 6.58 Å². The molecule has 58 heavy (non-hydrogen) atoms. The summed E-state index contributed by atoms with van der Waals surface area (Å²) < 4.78 is 14.4. The van der Waals surface area contributed by atoms with Crippen molar-refractivity contribution in [2.45, 2.75) is 89.1 Å². The molecule has 0 bridgehead atoms. The number of nitrogens with zero attached hydrogens (tertiary/aromatic N) is 6. The van der Waals surface area contributed by atoms with Crippen LogP contribution >= 0.6 is 0 Å². The van der Waals surface area contributed by atoms with E-state index < -0.39 is 0 Å². The third-order valence-electron chi connectivity index (χ3n) is 12.0. The summed E-state index contributed by atoms with van der Waals surface area (Å²) in [5.41, 5.74) is 11.5. The van der Waals surface area contributed by atoms with Crippen molar-refractivity contribution in [3.05, 3.63) is 120 Å². The van der Waals surface area contributed by atoms with Crippen LogP contribution < -0.4 is 0 Å². The van der Waals surface area contributed by atoms with Gasteiger partial charge in [0.2, 0.25) is 0 Å². The lowest BCUT2D eigenvalue weighted by Gasteiger charge is -2.23. The van der Waals surface area contributed by atoms with Crippen molar-refractivity contribution in [1.29, 1.82) is 0 Å². The van der Waals surface area contributed by atoms with Gasteiger partial charge in [0.15, 0.2) is 0 Å². The molecular formula is C48H50N6O4. The first-order chi connectivity index (χ1) is 28.5. The first-order valence-corrected chi connectivity index (χ1v) is 20.5. The number of ether oxygens (including phenoxy) is 2. The minimum atomic E-state index is -0.338. The van der Waals surface area contributed by atoms with Crippen LogP contribution in [-0.4, -0.2) is 55.2 Å². The van der Waals surface area contributed by atoms with Gasteiger partial charge < -0.3 is 18.6 Å². The van der Waals surface area contributed by atoms with Crippen LogP contribution in [0.15, 0.2) is 86.5 Å². The largest absolute Gasteiger partial charge is 0.465 e. The molecule has 0 amide bonds. The molecule has 2 fully saturated rings. The molecule has 0 atom stereocenters. The Morgan fingerprint density at radius 3 is 1.86 bits per heavy atom. The molecule has 10 nitrogen and oxygen atoms in total. The number of hydrogen-bond donors (Lipinski definition) is 0. The van der Waals surface area contributed by atoms with Crippen molar-refractivity contribution >= 4 is 45.9 Å². The first kappa shape index (κ1) is 38.7. The second kappa shape index (κ2) is 17.1. The summed E-state index contributed by atoms with van der Waals surface area (Å²) in [6, 6.07) is 11.8. The van der Waals surface area contributed by atoms with Crippen LogP contribution in [0.5, 0.6) is 0 Å². The van der Waals surface area contributed by atoms with Crippen LogP contribution in [0.2, 0.25) is 0 Å². The van der Waals surface area contributed by atoms with Crippen molar-refractivity contribution < 1.29 is 19.1 Å². The molecule has 0 spiro atoms. The topological polar surface area (TPSA) is 114 Å². The van der Waals surface area contributed by atoms with E-state index in [4.69, 9.17) is 19.4 Å². The molecule has 0 radical (unpaired) electrons. The summed E-state index contributed by atoms with van der Waals surface area (Å²) in [5, 5.41) is 2.38. The Balaban J connectivity index is 0.000000162. The number of benzene rings is 2. The molecule has 1 aliphatic heterocycles. The minimum absolute atomic E-state index is 0.305. The Labute approximate surface area is 339 Å². The van der Waals surface area contributed by atoms with Crippen molar-refractivity contribution in [2.24, 2.45) is 0 Å². The van der Waals surface area contributed by atoms with Gasteiger partial charge in [-0.2, -0.15) is 0 Å². The van der Waals surface area contributed by atoms with Gasteiger partial charge in [0, 0.05) is 59.7 Å². The highest BCUT2D eigenvalue weighted by molar-refractivity contribution is 6.00. The van der Waals surface area contributed by atoms with Crippen molar-refractivity contribution in [3.8, 4) is 22.8 Å². The Bertz CT molecular complexity index is 2550. The fourth-order valence-electron chi connectivity index (χ4n) is 9.47. The smallest absolute Gasteiger partial charge is 0.337 e. The maximum atomic E-state index is 12.2. The molecule has 296 valence electrons. The molecular weight excluding hydrogens is 725 g/mol. The predicted molar refractivity (Wildman–Crippen MR) is 230 cm³/mol. The number of methoxy groups -OCH3 is 2. The summed E-state index contributed by atoms with van der Waals surface area (Å²) in [6.45, 7) is 9.26. The molecule has 0 N–H and O–H groups in total. The van der Waals surface area contributed by atoms with Crippen molar-refractivity contribution in [1.82, 2.24) is 29.1 Å². The average Bonchev–Trinajstić information content (AvgIpc) is 3.70. The normalized spacial score (nSPS) is 15.5. The lowest BCUT2D eigenvalue weighted by atomic mass is 9.82. The lowest BCUT2D eigenvalue weighted by Crippen LogP contribution is -2.08. The highest BCUT2D eigenvalue weighted by Gasteiger charge is 2.30. The molecule has 3 aliphatic rings. The molecule has 0 unspecified atom stereocenters. The second-order valence-corrected chi connectivity index (χ2v) is 15.3. The van der Waals surface area contributed by atoms with Gasteiger partial charge in [-0.05, 0) is 85.1 Å². The van der Waals surface area contributed by atoms with Gasteiger partial charge in [-0.1, -0.05) is 69.4 Å². The van der Waals surface area contributed by atoms with E-state index in [0.29, 0.717) is 29.5 Å². The van der Waals surface area contributed by atoms with Gasteiger partial charge >= 0.3 is 11.9 Å². The van der Waals surface area contributed by atoms with Gasteiger partial charge in [-0.3, -0.25) is 19.9 Å². The molecule has 10 heteroatoms. The van der Waals surface area contributed by atoms with Crippen LogP contribution in [0.3, 0.4) is 0 Å². The molecule has 9 rings (SSSR count). The first-order valence-electron chi connectivity index (χ1n) is 20.5. The van der Waals surface area contributed by atoms with Gasteiger partial charge in [0.05, 0.1) is 48.1 Å². The molecule has 2 aromatic carbocycles. The van der Waals surface area contributed by atoms with Crippen LogP contribution in [0, 0.1) is 0 Å². The van der Waals surface area contributed by atoms with E-state index in [-0.39, 0.29) is 11.9 Å². The van der Waals surface area contributed by atoms with E-state index in [1.807, 2.05) is 30.3 Å². The molecule has 2 aliphatic carbocycles. The number of carbonyl (C=O) groups excluding carboxylic acids is 2. The average molecular weight is 775 g/mol. The third kappa shape index (κ3) is 7.16. The van der Waals surface area contributed by atoms with E-state index in [0.717, 1.165) is 70.0 Å². The Morgan fingerprint density at radius 2 is 1.26 bits per heavy atom. The van der Waals surface area contributed by atoms with Gasteiger partial charge in [-0.25, -0.2) is 9.59 Å². The molecule has 4 aromatic heterocycles. The maximum absolute atomic E-state index is 12.2. The molecule has 5 heterocycles. The van der Waals surface area contributed by atoms with E-state index in [9.17, 15) is 9.59 Å². The zero-order chi connectivity index (χ0) is 40.2. The standard InChI is InChI=1S/C25H27N3O2.C23H23N3O2/c1-4-15-28-21-16-18(25(29)30-3)11-12-19(21)22(17-9-7-6-8-10-17)24(28)23-20(5-2)26-13-14-27-23;1-28-23(27)16-9-10-17-19(14-16)26-13-5-8-18-21(25-12-11-24-18)22(26)20(17)15-6-3-2-4-7-15/h4-5,11-14,16-17H,1-2,6-10,15H2,3H3;5,8-12,14-15H,2-4,6-7,13H2,1H3. The highest BCUT2D eigenvalue weighted by atomic mass is 16.5. The molecule has 6 aromatic rings. The summed E-state index contributed by atoms with van der Waals surface area (Å²) in [5.74, 6) is 0.326. The number of rotatable bonds is 8. The Hall–Kier alpha value is -6.16. The van der Waals surface area contributed by atoms with Crippen LogP contribution in [0.4, 0.5) is 0 Å². The Kier molecular flexibility index (Phi) is 11.4. The quantitative estimate of drug-likeness (QED) is 0.111. The fourth-order valence-corrected chi connectivity index (χ4v) is 9.47. The number of fused-ring (bicyclic) bond motifs is 6. The number of hydrogen-bond acceptors (Lipinski definition) is 8. The van der Waals surface area contributed by atoms with E-state index in [2.05, 4.69) is 56.5 Å². The van der Waals surface area contributed by atoms with Crippen LogP contribution in [0.25, 0.3) is 56.7 Å². The third-order valence-corrected chi connectivity index (χ3v) is 12.0. The molecule has 0 saturated heterocycles. The van der Waals surface area contributed by atoms with E-state index >= 15 is 0 Å². The summed E-state index contributed by atoms with van der Waals surface area (Å²) in [6.07, 6.45) is 27.0. The SMILES string of the molecule is C=CCn1c(-c2nccnc2C=C)c(C2CCCCC2)c2ccc(C(=O)OC)cc21.COC(=O)c1ccc2c(C3CCCCC3)c3n(c2c1)CC=Cc1nccnc1-3. The molecule has 2 saturated carbocycles. The predicted octanol–water partition coefficient (Wildman–Crippen LogP) is 10.7.